The molecule has 0 radical (unpaired) electrons. The van der Waals surface area contributed by atoms with Crippen LogP contribution in [0, 0.1) is 16.7 Å². The predicted octanol–water partition coefficient (Wildman–Crippen LogP) is 2.33. The summed E-state index contributed by atoms with van der Waals surface area (Å²) in [5.41, 5.74) is -0.683. The minimum atomic E-state index is -0.791. The van der Waals surface area contributed by atoms with Crippen molar-refractivity contribution >= 4 is 11.8 Å². The van der Waals surface area contributed by atoms with E-state index < -0.39 is 5.41 Å². The molecule has 2 rings (SSSR count). The first-order chi connectivity index (χ1) is 7.41. The molecule has 0 atom stereocenters. The maximum atomic E-state index is 12.2. The number of hydrogen-bond donors (Lipinski definition) is 0. The van der Waals surface area contributed by atoms with Crippen LogP contribution in [0.2, 0.25) is 0 Å². The lowest BCUT2D eigenvalue weighted by molar-refractivity contribution is -0.176. The molecule has 16 heavy (non-hydrogen) atoms. The molecule has 0 aliphatic heterocycles. The fraction of sp³-hybridized carbons (Fsp3) is 0.846. The summed E-state index contributed by atoms with van der Waals surface area (Å²) in [5, 5.41) is 0. The second-order valence-corrected chi connectivity index (χ2v) is 5.96. The molecule has 2 fully saturated rings. The molecule has 0 unspecified atom stereocenters. The van der Waals surface area contributed by atoms with E-state index in [9.17, 15) is 9.59 Å². The molecule has 0 saturated heterocycles. The quantitative estimate of drug-likeness (QED) is 0.543. The van der Waals surface area contributed by atoms with Gasteiger partial charge in [0.05, 0.1) is 6.61 Å². The highest BCUT2D eigenvalue weighted by atomic mass is 16.5. The fourth-order valence-corrected chi connectivity index (χ4v) is 3.01. The molecular formula is C13H20O3. The van der Waals surface area contributed by atoms with Gasteiger partial charge in [-0.3, -0.25) is 9.59 Å². The van der Waals surface area contributed by atoms with E-state index in [2.05, 4.69) is 13.8 Å². The Hall–Kier alpha value is -0.860. The van der Waals surface area contributed by atoms with Crippen molar-refractivity contribution in [2.24, 2.45) is 16.7 Å². The number of ether oxygens (including phenoxy) is 1. The number of ketones is 1. The third-order valence-electron chi connectivity index (χ3n) is 3.65. The van der Waals surface area contributed by atoms with Crippen molar-refractivity contribution < 1.29 is 14.3 Å². The highest BCUT2D eigenvalue weighted by Crippen LogP contribution is 2.58. The van der Waals surface area contributed by atoms with Crippen molar-refractivity contribution in [3.63, 3.8) is 0 Å². The Balaban J connectivity index is 2.14. The molecule has 0 N–H and O–H groups in total. The number of esters is 1. The van der Waals surface area contributed by atoms with E-state index in [1.165, 1.54) is 0 Å². The smallest absolute Gasteiger partial charge is 0.319 e. The zero-order valence-electron chi connectivity index (χ0n) is 10.3. The standard InChI is InChI=1S/C13H20O3/c1-4-16-11(15)13(7-12(2,3)8-13)10(14)9-5-6-9/h9H,4-8H2,1-3H3. The van der Waals surface area contributed by atoms with Gasteiger partial charge in [-0.05, 0) is 38.0 Å². The van der Waals surface area contributed by atoms with Gasteiger partial charge in [-0.1, -0.05) is 13.8 Å². The van der Waals surface area contributed by atoms with Crippen molar-refractivity contribution in [3.05, 3.63) is 0 Å². The highest BCUT2D eigenvalue weighted by Gasteiger charge is 2.62. The van der Waals surface area contributed by atoms with E-state index in [0.29, 0.717) is 19.4 Å². The molecule has 3 nitrogen and oxygen atoms in total. The van der Waals surface area contributed by atoms with Crippen molar-refractivity contribution in [2.75, 3.05) is 6.61 Å². The molecule has 90 valence electrons. The summed E-state index contributed by atoms with van der Waals surface area (Å²) in [4.78, 5) is 24.2. The summed E-state index contributed by atoms with van der Waals surface area (Å²) in [6.45, 7) is 6.35. The average Bonchev–Trinajstić information content (AvgIpc) is 2.95. The summed E-state index contributed by atoms with van der Waals surface area (Å²) in [7, 11) is 0. The largest absolute Gasteiger partial charge is 0.465 e. The number of Topliss-reactive ketones (excluding diaryl/α,β-unsaturated/α-hetero) is 1. The summed E-state index contributed by atoms with van der Waals surface area (Å²) in [6, 6.07) is 0. The first-order valence-corrected chi connectivity index (χ1v) is 6.13. The zero-order chi connectivity index (χ0) is 12.0. The Morgan fingerprint density at radius 2 is 1.81 bits per heavy atom. The molecule has 0 spiro atoms. The molecule has 0 aromatic rings. The molecule has 2 aliphatic rings. The average molecular weight is 224 g/mol. The first kappa shape index (κ1) is 11.6. The Morgan fingerprint density at radius 1 is 1.25 bits per heavy atom. The number of rotatable bonds is 4. The summed E-state index contributed by atoms with van der Waals surface area (Å²) < 4.78 is 5.08. The van der Waals surface area contributed by atoms with Crippen LogP contribution < -0.4 is 0 Å². The Kier molecular flexibility index (Phi) is 2.59. The minimum absolute atomic E-state index is 0.108. The third-order valence-corrected chi connectivity index (χ3v) is 3.65. The minimum Gasteiger partial charge on any atom is -0.465 e. The number of carbonyl (C=O) groups excluding carboxylic acids is 2. The maximum Gasteiger partial charge on any atom is 0.319 e. The molecule has 0 aromatic carbocycles. The first-order valence-electron chi connectivity index (χ1n) is 6.13. The second-order valence-electron chi connectivity index (χ2n) is 5.96. The van der Waals surface area contributed by atoms with Gasteiger partial charge in [0.2, 0.25) is 0 Å². The van der Waals surface area contributed by atoms with E-state index in [1.807, 2.05) is 0 Å². The van der Waals surface area contributed by atoms with Gasteiger partial charge in [0.1, 0.15) is 5.41 Å². The molecule has 2 saturated carbocycles. The lowest BCUT2D eigenvalue weighted by Crippen LogP contribution is -2.55. The molecular weight excluding hydrogens is 204 g/mol. The Labute approximate surface area is 96.5 Å². The van der Waals surface area contributed by atoms with Crippen LogP contribution in [-0.2, 0) is 14.3 Å². The zero-order valence-corrected chi connectivity index (χ0v) is 10.3. The van der Waals surface area contributed by atoms with Crippen molar-refractivity contribution in [1.29, 1.82) is 0 Å². The molecule has 3 heteroatoms. The molecule has 0 amide bonds. The second kappa shape index (κ2) is 3.57. The van der Waals surface area contributed by atoms with Crippen LogP contribution in [0.25, 0.3) is 0 Å². The van der Waals surface area contributed by atoms with Crippen molar-refractivity contribution in [3.8, 4) is 0 Å². The maximum absolute atomic E-state index is 12.2. The molecule has 2 aliphatic carbocycles. The van der Waals surface area contributed by atoms with Crippen LogP contribution >= 0.6 is 0 Å². The van der Waals surface area contributed by atoms with E-state index >= 15 is 0 Å². The highest BCUT2D eigenvalue weighted by molar-refractivity contribution is 6.06. The number of carbonyl (C=O) groups is 2. The van der Waals surface area contributed by atoms with E-state index in [1.54, 1.807) is 6.92 Å². The normalized spacial score (nSPS) is 25.7. The number of hydrogen-bond acceptors (Lipinski definition) is 3. The summed E-state index contributed by atoms with van der Waals surface area (Å²) in [5.74, 6) is -0.00277. The van der Waals surface area contributed by atoms with Crippen LogP contribution in [0.4, 0.5) is 0 Å². The van der Waals surface area contributed by atoms with E-state index in [0.717, 1.165) is 12.8 Å². The van der Waals surface area contributed by atoms with Gasteiger partial charge in [-0.2, -0.15) is 0 Å². The van der Waals surface area contributed by atoms with Gasteiger partial charge in [0, 0.05) is 5.92 Å². The summed E-state index contributed by atoms with van der Waals surface area (Å²) >= 11 is 0. The molecule has 0 heterocycles. The fourth-order valence-electron chi connectivity index (χ4n) is 3.01. The van der Waals surface area contributed by atoms with Gasteiger partial charge in [0.25, 0.3) is 0 Å². The third kappa shape index (κ3) is 1.76. The van der Waals surface area contributed by atoms with E-state index in [-0.39, 0.29) is 23.1 Å². The van der Waals surface area contributed by atoms with Crippen molar-refractivity contribution in [1.82, 2.24) is 0 Å². The van der Waals surface area contributed by atoms with Crippen LogP contribution in [-0.4, -0.2) is 18.4 Å². The topological polar surface area (TPSA) is 43.4 Å². The van der Waals surface area contributed by atoms with Gasteiger partial charge < -0.3 is 4.74 Å². The van der Waals surface area contributed by atoms with Crippen LogP contribution in [0.3, 0.4) is 0 Å². The predicted molar refractivity (Wildman–Crippen MR) is 59.8 cm³/mol. The van der Waals surface area contributed by atoms with Crippen LogP contribution in [0.15, 0.2) is 0 Å². The van der Waals surface area contributed by atoms with Gasteiger partial charge in [-0.25, -0.2) is 0 Å². The summed E-state index contributed by atoms with van der Waals surface area (Å²) in [6.07, 6.45) is 3.24. The van der Waals surface area contributed by atoms with Crippen molar-refractivity contribution in [2.45, 2.75) is 46.5 Å². The van der Waals surface area contributed by atoms with Crippen LogP contribution in [0.5, 0.6) is 0 Å². The monoisotopic (exact) mass is 224 g/mol. The molecule has 0 aromatic heterocycles. The van der Waals surface area contributed by atoms with Gasteiger partial charge in [-0.15, -0.1) is 0 Å². The molecule has 0 bridgehead atoms. The lowest BCUT2D eigenvalue weighted by Gasteiger charge is -2.50. The van der Waals surface area contributed by atoms with E-state index in [4.69, 9.17) is 4.74 Å². The Morgan fingerprint density at radius 3 is 2.19 bits per heavy atom. The SMILES string of the molecule is CCOC(=O)C1(C(=O)C2CC2)CC(C)(C)C1. The van der Waals surface area contributed by atoms with Gasteiger partial charge >= 0.3 is 5.97 Å². The van der Waals surface area contributed by atoms with Gasteiger partial charge in [0.15, 0.2) is 5.78 Å². The Bertz CT molecular complexity index is 318. The lowest BCUT2D eigenvalue weighted by atomic mass is 9.52. The van der Waals surface area contributed by atoms with Crippen LogP contribution in [0.1, 0.15) is 46.5 Å².